The van der Waals surface area contributed by atoms with Gasteiger partial charge in [-0.2, -0.15) is 0 Å². The molecule has 43 heavy (non-hydrogen) atoms. The van der Waals surface area contributed by atoms with Crippen molar-refractivity contribution in [3.05, 3.63) is 146 Å². The Hall–Kier alpha value is -5.80. The van der Waals surface area contributed by atoms with Gasteiger partial charge in [-0.25, -0.2) is 0 Å². The molecule has 3 nitrogen and oxygen atoms in total. The van der Waals surface area contributed by atoms with Crippen molar-refractivity contribution in [1.29, 1.82) is 0 Å². The number of nitrogens with zero attached hydrogens (tertiary/aromatic N) is 2. The maximum atomic E-state index is 6.20. The van der Waals surface area contributed by atoms with E-state index in [0.717, 1.165) is 44.7 Å². The van der Waals surface area contributed by atoms with Crippen molar-refractivity contribution >= 4 is 66.8 Å². The highest BCUT2D eigenvalue weighted by molar-refractivity contribution is 6.17. The van der Waals surface area contributed by atoms with E-state index in [1.165, 1.54) is 44.4 Å². The summed E-state index contributed by atoms with van der Waals surface area (Å²) in [5.74, 6) is 0. The predicted octanol–water partition coefficient (Wildman–Crippen LogP) is 11.6. The van der Waals surface area contributed by atoms with E-state index >= 15 is 0 Å². The van der Waals surface area contributed by atoms with Crippen molar-refractivity contribution in [2.24, 2.45) is 0 Å². The van der Waals surface area contributed by atoms with Crippen LogP contribution in [0.4, 0.5) is 34.1 Å². The first-order chi connectivity index (χ1) is 21.3. The summed E-state index contributed by atoms with van der Waals surface area (Å²) in [6.07, 6.45) is 0. The third-order valence-electron chi connectivity index (χ3n) is 9.09. The predicted molar refractivity (Wildman–Crippen MR) is 179 cm³/mol. The van der Waals surface area contributed by atoms with Crippen molar-refractivity contribution < 1.29 is 4.42 Å². The minimum Gasteiger partial charge on any atom is -0.456 e. The summed E-state index contributed by atoms with van der Waals surface area (Å²) in [5.41, 5.74) is 13.8. The molecular formula is C40H24N2O. The molecule has 7 aromatic carbocycles. The van der Waals surface area contributed by atoms with E-state index in [0.29, 0.717) is 0 Å². The van der Waals surface area contributed by atoms with Crippen LogP contribution in [0.15, 0.2) is 150 Å². The highest BCUT2D eigenvalue weighted by Crippen LogP contribution is 2.61. The summed E-state index contributed by atoms with van der Waals surface area (Å²) >= 11 is 0. The molecular weight excluding hydrogens is 524 g/mol. The van der Waals surface area contributed by atoms with E-state index in [1.807, 2.05) is 12.1 Å². The van der Waals surface area contributed by atoms with E-state index in [2.05, 4.69) is 143 Å². The number of benzene rings is 7. The lowest BCUT2D eigenvalue weighted by molar-refractivity contribution is 0.669. The maximum absolute atomic E-state index is 6.20. The van der Waals surface area contributed by atoms with Crippen LogP contribution in [0, 0.1) is 0 Å². The molecule has 0 unspecified atom stereocenters. The second-order valence-electron chi connectivity index (χ2n) is 11.3. The fourth-order valence-corrected chi connectivity index (χ4v) is 7.30. The van der Waals surface area contributed by atoms with E-state index in [4.69, 9.17) is 4.42 Å². The van der Waals surface area contributed by atoms with Crippen molar-refractivity contribution in [1.82, 2.24) is 0 Å². The van der Waals surface area contributed by atoms with Crippen LogP contribution in [0.3, 0.4) is 0 Å². The van der Waals surface area contributed by atoms with Gasteiger partial charge in [0.25, 0.3) is 0 Å². The Kier molecular flexibility index (Phi) is 4.45. The number of furan rings is 1. The van der Waals surface area contributed by atoms with Crippen LogP contribution < -0.4 is 9.80 Å². The highest BCUT2D eigenvalue weighted by atomic mass is 16.3. The van der Waals surface area contributed by atoms with Gasteiger partial charge < -0.3 is 14.2 Å². The van der Waals surface area contributed by atoms with Crippen molar-refractivity contribution in [3.8, 4) is 22.3 Å². The molecule has 1 aromatic heterocycles. The quantitative estimate of drug-likeness (QED) is 0.203. The van der Waals surface area contributed by atoms with Gasteiger partial charge in [0.1, 0.15) is 11.2 Å². The SMILES string of the molecule is c1ccc2c(c1)-c1c(ccc3ccccc13)-c1cccc3c1N2c1ccccc1N3c1ccc2oc3ccccc3c2c1. The number of hydrogen-bond donors (Lipinski definition) is 0. The van der Waals surface area contributed by atoms with Crippen LogP contribution in [-0.2, 0) is 0 Å². The molecule has 0 saturated carbocycles. The number of hydrogen-bond acceptors (Lipinski definition) is 3. The monoisotopic (exact) mass is 548 g/mol. The number of para-hydroxylation sites is 5. The van der Waals surface area contributed by atoms with E-state index in [1.54, 1.807) is 0 Å². The summed E-state index contributed by atoms with van der Waals surface area (Å²) in [4.78, 5) is 4.90. The molecule has 2 aliphatic heterocycles. The smallest absolute Gasteiger partial charge is 0.135 e. The van der Waals surface area contributed by atoms with Gasteiger partial charge in [-0.15, -0.1) is 0 Å². The molecule has 2 aliphatic rings. The van der Waals surface area contributed by atoms with Crippen molar-refractivity contribution in [3.63, 3.8) is 0 Å². The molecule has 0 radical (unpaired) electrons. The lowest BCUT2D eigenvalue weighted by Crippen LogP contribution is -2.24. The van der Waals surface area contributed by atoms with E-state index < -0.39 is 0 Å². The first kappa shape index (κ1) is 22.8. The Morgan fingerprint density at radius 2 is 1.07 bits per heavy atom. The van der Waals surface area contributed by atoms with Gasteiger partial charge in [0.2, 0.25) is 0 Å². The highest BCUT2D eigenvalue weighted by Gasteiger charge is 2.36. The van der Waals surface area contributed by atoms with Gasteiger partial charge in [-0.1, -0.05) is 97.1 Å². The van der Waals surface area contributed by atoms with Crippen LogP contribution in [0.1, 0.15) is 0 Å². The average molecular weight is 549 g/mol. The van der Waals surface area contributed by atoms with E-state index in [9.17, 15) is 0 Å². The molecule has 10 rings (SSSR count). The van der Waals surface area contributed by atoms with Crippen LogP contribution in [0.5, 0.6) is 0 Å². The minimum absolute atomic E-state index is 0.901. The van der Waals surface area contributed by atoms with Gasteiger partial charge in [0.15, 0.2) is 0 Å². The fraction of sp³-hybridized carbons (Fsp3) is 0. The first-order valence-electron chi connectivity index (χ1n) is 14.7. The van der Waals surface area contributed by atoms with Gasteiger partial charge in [0, 0.05) is 27.6 Å². The Morgan fingerprint density at radius 1 is 0.395 bits per heavy atom. The topological polar surface area (TPSA) is 19.6 Å². The minimum atomic E-state index is 0.901. The van der Waals surface area contributed by atoms with E-state index in [-0.39, 0.29) is 0 Å². The van der Waals surface area contributed by atoms with Gasteiger partial charge in [-0.05, 0) is 70.4 Å². The molecule has 8 aromatic rings. The Balaban J connectivity index is 1.33. The maximum Gasteiger partial charge on any atom is 0.135 e. The zero-order chi connectivity index (χ0) is 28.1. The largest absolute Gasteiger partial charge is 0.456 e. The summed E-state index contributed by atoms with van der Waals surface area (Å²) < 4.78 is 6.20. The summed E-state index contributed by atoms with van der Waals surface area (Å²) in [6, 6.07) is 52.5. The lowest BCUT2D eigenvalue weighted by Gasteiger charge is -2.41. The molecule has 0 amide bonds. The van der Waals surface area contributed by atoms with Gasteiger partial charge in [-0.3, -0.25) is 0 Å². The average Bonchev–Trinajstić information content (AvgIpc) is 3.38. The molecule has 3 heterocycles. The second kappa shape index (κ2) is 8.37. The van der Waals surface area contributed by atoms with Crippen LogP contribution in [-0.4, -0.2) is 0 Å². The molecule has 0 spiro atoms. The van der Waals surface area contributed by atoms with Gasteiger partial charge >= 0.3 is 0 Å². The third kappa shape index (κ3) is 3.03. The van der Waals surface area contributed by atoms with Gasteiger partial charge in [0.05, 0.1) is 28.4 Å². The summed E-state index contributed by atoms with van der Waals surface area (Å²) in [6.45, 7) is 0. The van der Waals surface area contributed by atoms with Crippen molar-refractivity contribution in [2.75, 3.05) is 9.80 Å². The Labute approximate surface area is 248 Å². The summed E-state index contributed by atoms with van der Waals surface area (Å²) in [5, 5.41) is 4.78. The zero-order valence-electron chi connectivity index (χ0n) is 23.2. The zero-order valence-corrected chi connectivity index (χ0v) is 23.2. The first-order valence-corrected chi connectivity index (χ1v) is 14.7. The number of rotatable bonds is 1. The molecule has 200 valence electrons. The fourth-order valence-electron chi connectivity index (χ4n) is 7.30. The molecule has 0 N–H and O–H groups in total. The van der Waals surface area contributed by atoms with Crippen molar-refractivity contribution in [2.45, 2.75) is 0 Å². The Morgan fingerprint density at radius 3 is 1.98 bits per heavy atom. The second-order valence-corrected chi connectivity index (χ2v) is 11.3. The standard InChI is InChI=1S/C40H24N2O/c1-2-11-27-25(10-1)20-22-29-30-14-9-18-36-40(30)42(33-15-5-3-13-31(33)39(27)29)35-17-7-6-16-34(35)41(36)26-21-23-38-32(24-26)28-12-4-8-19-37(28)43-38/h1-24H. The van der Waals surface area contributed by atoms with Crippen LogP contribution >= 0.6 is 0 Å². The third-order valence-corrected chi connectivity index (χ3v) is 9.09. The Bertz CT molecular complexity index is 2430. The normalized spacial score (nSPS) is 13.0. The summed E-state index contributed by atoms with van der Waals surface area (Å²) in [7, 11) is 0. The molecule has 0 fully saturated rings. The number of anilines is 6. The molecule has 0 atom stereocenters. The molecule has 0 saturated heterocycles. The molecule has 0 bridgehead atoms. The lowest BCUT2D eigenvalue weighted by atomic mass is 9.89. The van der Waals surface area contributed by atoms with Crippen LogP contribution in [0.25, 0.3) is 55.0 Å². The number of fused-ring (bicyclic) bond motifs is 12. The molecule has 0 aliphatic carbocycles. The molecule has 3 heteroatoms. The van der Waals surface area contributed by atoms with Crippen LogP contribution in [0.2, 0.25) is 0 Å².